The van der Waals surface area contributed by atoms with Crippen molar-refractivity contribution in [1.82, 2.24) is 4.90 Å². The highest BCUT2D eigenvalue weighted by Crippen LogP contribution is 2.22. The van der Waals surface area contributed by atoms with Crippen molar-refractivity contribution < 1.29 is 4.74 Å². The summed E-state index contributed by atoms with van der Waals surface area (Å²) in [4.78, 5) is 3.06. The minimum absolute atomic E-state index is 0.0344. The first-order chi connectivity index (χ1) is 6.93. The van der Waals surface area contributed by atoms with Crippen LogP contribution in [0.4, 0.5) is 0 Å². The highest BCUT2D eigenvalue weighted by Gasteiger charge is 2.25. The van der Waals surface area contributed by atoms with E-state index in [-0.39, 0.29) is 5.41 Å². The molecule has 0 spiro atoms. The molecule has 0 amide bonds. The number of morpholine rings is 1. The van der Waals surface area contributed by atoms with E-state index in [1.54, 1.807) is 0 Å². The summed E-state index contributed by atoms with van der Waals surface area (Å²) >= 11 is 5.06. The maximum Gasteiger partial charge on any atom is 0.0784 e. The fourth-order valence-electron chi connectivity index (χ4n) is 1.64. The van der Waals surface area contributed by atoms with E-state index in [2.05, 4.69) is 25.7 Å². The molecule has 0 aromatic carbocycles. The van der Waals surface area contributed by atoms with Gasteiger partial charge < -0.3 is 10.5 Å². The van der Waals surface area contributed by atoms with E-state index in [4.69, 9.17) is 22.7 Å². The molecule has 1 heterocycles. The van der Waals surface area contributed by atoms with Crippen molar-refractivity contribution in [2.45, 2.75) is 33.2 Å². The molecule has 1 rings (SSSR count). The van der Waals surface area contributed by atoms with Gasteiger partial charge in [-0.1, -0.05) is 26.1 Å². The summed E-state index contributed by atoms with van der Waals surface area (Å²) in [6.07, 6.45) is 1.02. The van der Waals surface area contributed by atoms with E-state index >= 15 is 0 Å². The van der Waals surface area contributed by atoms with Gasteiger partial charge in [0.1, 0.15) is 0 Å². The fourth-order valence-corrected chi connectivity index (χ4v) is 1.74. The summed E-state index contributed by atoms with van der Waals surface area (Å²) in [6, 6.07) is 0.515. The Hall–Kier alpha value is -0.190. The number of hydrogen-bond donors (Lipinski definition) is 1. The molecule has 2 N–H and O–H groups in total. The van der Waals surface area contributed by atoms with Crippen molar-refractivity contribution in [3.8, 4) is 0 Å². The smallest absolute Gasteiger partial charge is 0.0784 e. The third kappa shape index (κ3) is 3.70. The number of ether oxygens (including phenoxy) is 1. The number of nitrogens with zero attached hydrogens (tertiary/aromatic N) is 1. The molecular formula is C11H22N2OS. The molecule has 0 aromatic rings. The van der Waals surface area contributed by atoms with Crippen LogP contribution in [0.3, 0.4) is 0 Å². The minimum atomic E-state index is -0.0344. The molecule has 0 saturated carbocycles. The summed E-state index contributed by atoms with van der Waals surface area (Å²) in [6.45, 7) is 10.2. The Balaban J connectivity index is 2.38. The summed E-state index contributed by atoms with van der Waals surface area (Å²) in [5, 5.41) is 0. The average Bonchev–Trinajstić information content (AvgIpc) is 2.16. The topological polar surface area (TPSA) is 38.5 Å². The van der Waals surface area contributed by atoms with Gasteiger partial charge in [-0.2, -0.15) is 0 Å². The van der Waals surface area contributed by atoms with Crippen LogP contribution in [0.15, 0.2) is 0 Å². The lowest BCUT2D eigenvalue weighted by molar-refractivity contribution is -0.00304. The predicted molar refractivity (Wildman–Crippen MR) is 67.0 cm³/mol. The standard InChI is InChI=1S/C11H22N2OS/c1-9-8-14-7-6-13(9)5-4-11(2,3)10(12)15/h9H,4-8H2,1-3H3,(H2,12,15). The molecule has 1 fully saturated rings. The van der Waals surface area contributed by atoms with Gasteiger partial charge in [-0.15, -0.1) is 0 Å². The van der Waals surface area contributed by atoms with Crippen molar-refractivity contribution in [3.63, 3.8) is 0 Å². The van der Waals surface area contributed by atoms with Crippen LogP contribution in [0.2, 0.25) is 0 Å². The summed E-state index contributed by atoms with van der Waals surface area (Å²) in [5.41, 5.74) is 5.67. The maximum absolute atomic E-state index is 5.71. The van der Waals surface area contributed by atoms with Gasteiger partial charge in [-0.05, 0) is 19.9 Å². The van der Waals surface area contributed by atoms with Crippen molar-refractivity contribution in [2.24, 2.45) is 11.1 Å². The molecule has 1 unspecified atom stereocenters. The molecule has 1 atom stereocenters. The number of thiocarbonyl (C=S) groups is 1. The second-order valence-electron chi connectivity index (χ2n) is 4.96. The van der Waals surface area contributed by atoms with Gasteiger partial charge in [0.2, 0.25) is 0 Å². The highest BCUT2D eigenvalue weighted by molar-refractivity contribution is 7.80. The van der Waals surface area contributed by atoms with Crippen LogP contribution in [0.1, 0.15) is 27.2 Å². The quantitative estimate of drug-likeness (QED) is 0.741. The minimum Gasteiger partial charge on any atom is -0.393 e. The van der Waals surface area contributed by atoms with Gasteiger partial charge in [-0.25, -0.2) is 0 Å². The summed E-state index contributed by atoms with van der Waals surface area (Å²) < 4.78 is 5.40. The third-order valence-electron chi connectivity index (χ3n) is 3.20. The van der Waals surface area contributed by atoms with Crippen molar-refractivity contribution >= 4 is 17.2 Å². The van der Waals surface area contributed by atoms with Crippen molar-refractivity contribution in [1.29, 1.82) is 0 Å². The Labute approximate surface area is 98.0 Å². The van der Waals surface area contributed by atoms with Gasteiger partial charge in [0, 0.05) is 18.0 Å². The monoisotopic (exact) mass is 230 g/mol. The number of hydrogen-bond acceptors (Lipinski definition) is 3. The van der Waals surface area contributed by atoms with Gasteiger partial charge in [0.25, 0.3) is 0 Å². The molecule has 0 aromatic heterocycles. The Kier molecular flexibility index (Phi) is 4.49. The Morgan fingerprint density at radius 1 is 1.60 bits per heavy atom. The Morgan fingerprint density at radius 2 is 2.27 bits per heavy atom. The SMILES string of the molecule is CC1COCCN1CCC(C)(C)C(N)=S. The van der Waals surface area contributed by atoms with Gasteiger partial charge in [0.15, 0.2) is 0 Å². The Bertz CT molecular complexity index is 231. The van der Waals surface area contributed by atoms with Crippen molar-refractivity contribution in [3.05, 3.63) is 0 Å². The van der Waals surface area contributed by atoms with Crippen LogP contribution >= 0.6 is 12.2 Å². The molecule has 0 aliphatic carbocycles. The molecule has 0 bridgehead atoms. The molecule has 1 aliphatic heterocycles. The zero-order valence-electron chi connectivity index (χ0n) is 9.95. The largest absolute Gasteiger partial charge is 0.393 e. The zero-order chi connectivity index (χ0) is 11.5. The van der Waals surface area contributed by atoms with E-state index in [1.807, 2.05) is 0 Å². The molecule has 88 valence electrons. The first-order valence-corrected chi connectivity index (χ1v) is 5.96. The van der Waals surface area contributed by atoms with Crippen LogP contribution < -0.4 is 5.73 Å². The number of rotatable bonds is 4. The fraction of sp³-hybridized carbons (Fsp3) is 0.909. The van der Waals surface area contributed by atoms with Gasteiger partial charge in [0.05, 0.1) is 18.2 Å². The maximum atomic E-state index is 5.71. The molecule has 1 saturated heterocycles. The lowest BCUT2D eigenvalue weighted by atomic mass is 9.89. The van der Waals surface area contributed by atoms with E-state index in [9.17, 15) is 0 Å². The lowest BCUT2D eigenvalue weighted by Crippen LogP contribution is -2.45. The zero-order valence-corrected chi connectivity index (χ0v) is 10.8. The second-order valence-corrected chi connectivity index (χ2v) is 5.40. The predicted octanol–water partition coefficient (Wildman–Crippen LogP) is 1.41. The lowest BCUT2D eigenvalue weighted by Gasteiger charge is -2.35. The third-order valence-corrected chi connectivity index (χ3v) is 3.75. The normalized spacial score (nSPS) is 24.1. The van der Waals surface area contributed by atoms with E-state index in [0.29, 0.717) is 11.0 Å². The Morgan fingerprint density at radius 3 is 2.80 bits per heavy atom. The van der Waals surface area contributed by atoms with Crippen LogP contribution in [0, 0.1) is 5.41 Å². The molecule has 0 radical (unpaired) electrons. The van der Waals surface area contributed by atoms with Gasteiger partial charge >= 0.3 is 0 Å². The molecule has 4 heteroatoms. The first kappa shape index (κ1) is 12.9. The summed E-state index contributed by atoms with van der Waals surface area (Å²) in [5.74, 6) is 0. The van der Waals surface area contributed by atoms with E-state index in [0.717, 1.165) is 32.7 Å². The van der Waals surface area contributed by atoms with E-state index in [1.165, 1.54) is 0 Å². The average molecular weight is 230 g/mol. The van der Waals surface area contributed by atoms with E-state index < -0.39 is 0 Å². The summed E-state index contributed by atoms with van der Waals surface area (Å²) in [7, 11) is 0. The molecule has 3 nitrogen and oxygen atoms in total. The first-order valence-electron chi connectivity index (χ1n) is 5.55. The van der Waals surface area contributed by atoms with Crippen LogP contribution in [0.25, 0.3) is 0 Å². The highest BCUT2D eigenvalue weighted by atomic mass is 32.1. The van der Waals surface area contributed by atoms with Gasteiger partial charge in [-0.3, -0.25) is 4.90 Å². The van der Waals surface area contributed by atoms with Crippen molar-refractivity contribution in [2.75, 3.05) is 26.3 Å². The molecule has 1 aliphatic rings. The van der Waals surface area contributed by atoms with Crippen LogP contribution in [0.5, 0.6) is 0 Å². The van der Waals surface area contributed by atoms with Crippen LogP contribution in [-0.2, 0) is 4.74 Å². The van der Waals surface area contributed by atoms with Crippen LogP contribution in [-0.4, -0.2) is 42.2 Å². The number of nitrogens with two attached hydrogens (primary N) is 1. The second kappa shape index (κ2) is 5.23. The molecular weight excluding hydrogens is 208 g/mol. The molecule has 15 heavy (non-hydrogen) atoms.